The molecule has 1 aromatic carbocycles. The predicted molar refractivity (Wildman–Crippen MR) is 80.6 cm³/mol. The lowest BCUT2D eigenvalue weighted by Crippen LogP contribution is -2.33. The molecule has 19 heavy (non-hydrogen) atoms. The largest absolute Gasteiger partial charge is 0.0726 e. The van der Waals surface area contributed by atoms with Crippen LogP contribution in [-0.4, -0.2) is 0 Å². The van der Waals surface area contributed by atoms with E-state index >= 15 is 0 Å². The maximum atomic E-state index is 2.34. The Bertz CT molecular complexity index is 794. The Labute approximate surface area is 112 Å². The summed E-state index contributed by atoms with van der Waals surface area (Å²) in [5.41, 5.74) is 4.15. The van der Waals surface area contributed by atoms with Gasteiger partial charge in [0.1, 0.15) is 0 Å². The summed E-state index contributed by atoms with van der Waals surface area (Å²) >= 11 is 0. The minimum atomic E-state index is 0.391. The molecule has 90 valence electrons. The molecule has 4 rings (SSSR count). The maximum absolute atomic E-state index is 2.34. The first kappa shape index (κ1) is 10.6. The zero-order chi connectivity index (χ0) is 12.7. The first-order chi connectivity index (χ1) is 9.43. The lowest BCUT2D eigenvalue weighted by Gasteiger charge is -2.23. The first-order valence-corrected chi connectivity index (χ1v) is 6.68. The van der Waals surface area contributed by atoms with Crippen LogP contribution in [0.15, 0.2) is 84.0 Å². The SMILES string of the molecule is C1=CC(=C2C=c3ccccc3=C3C=CC=CC23)C=C1. The van der Waals surface area contributed by atoms with Crippen molar-refractivity contribution in [2.24, 2.45) is 5.92 Å². The number of rotatable bonds is 0. The minimum Gasteiger partial charge on any atom is -0.0726 e. The minimum absolute atomic E-state index is 0.391. The van der Waals surface area contributed by atoms with Crippen LogP contribution in [0.2, 0.25) is 0 Å². The van der Waals surface area contributed by atoms with Crippen molar-refractivity contribution in [1.29, 1.82) is 0 Å². The number of hydrogen-bond donors (Lipinski definition) is 0. The molecule has 1 aromatic rings. The maximum Gasteiger partial charge on any atom is 0.0284 e. The number of allylic oxidation sites excluding steroid dienone is 10. The highest BCUT2D eigenvalue weighted by Gasteiger charge is 2.21. The van der Waals surface area contributed by atoms with Crippen LogP contribution in [0.1, 0.15) is 0 Å². The van der Waals surface area contributed by atoms with Crippen molar-refractivity contribution in [2.45, 2.75) is 0 Å². The quantitative estimate of drug-likeness (QED) is 0.656. The summed E-state index contributed by atoms with van der Waals surface area (Å²) in [6.45, 7) is 0. The summed E-state index contributed by atoms with van der Waals surface area (Å²) in [5.74, 6) is 0.391. The van der Waals surface area contributed by atoms with E-state index in [-0.39, 0.29) is 0 Å². The van der Waals surface area contributed by atoms with E-state index in [0.717, 1.165) is 0 Å². The lowest BCUT2D eigenvalue weighted by atomic mass is 9.80. The molecule has 0 bridgehead atoms. The Kier molecular flexibility index (Phi) is 2.28. The second-order valence-electron chi connectivity index (χ2n) is 5.04. The third kappa shape index (κ3) is 1.61. The highest BCUT2D eigenvalue weighted by atomic mass is 14.2. The number of fused-ring (bicyclic) bond motifs is 2. The lowest BCUT2D eigenvalue weighted by molar-refractivity contribution is 1.01. The van der Waals surface area contributed by atoms with Crippen LogP contribution in [0, 0.1) is 5.92 Å². The van der Waals surface area contributed by atoms with E-state index in [1.54, 1.807) is 0 Å². The molecular formula is C19H14. The van der Waals surface area contributed by atoms with E-state index in [4.69, 9.17) is 0 Å². The molecule has 3 aliphatic carbocycles. The van der Waals surface area contributed by atoms with Gasteiger partial charge < -0.3 is 0 Å². The van der Waals surface area contributed by atoms with Crippen molar-refractivity contribution in [3.05, 3.63) is 94.5 Å². The topological polar surface area (TPSA) is 0 Å². The number of benzene rings is 1. The monoisotopic (exact) mass is 242 g/mol. The van der Waals surface area contributed by atoms with Gasteiger partial charge in [0.05, 0.1) is 0 Å². The van der Waals surface area contributed by atoms with Gasteiger partial charge in [-0.25, -0.2) is 0 Å². The van der Waals surface area contributed by atoms with Crippen LogP contribution in [0.25, 0.3) is 11.6 Å². The fourth-order valence-electron chi connectivity index (χ4n) is 3.04. The summed E-state index contributed by atoms with van der Waals surface area (Å²) in [6, 6.07) is 8.66. The van der Waals surface area contributed by atoms with Gasteiger partial charge in [0.15, 0.2) is 0 Å². The Morgan fingerprint density at radius 1 is 0.737 bits per heavy atom. The zero-order valence-electron chi connectivity index (χ0n) is 10.6. The van der Waals surface area contributed by atoms with Gasteiger partial charge in [0.25, 0.3) is 0 Å². The van der Waals surface area contributed by atoms with Gasteiger partial charge in [-0.05, 0) is 33.2 Å². The van der Waals surface area contributed by atoms with E-state index in [1.165, 1.54) is 27.2 Å². The molecular weight excluding hydrogens is 228 g/mol. The molecule has 0 heterocycles. The fraction of sp³-hybridized carbons (Fsp3) is 0.0526. The van der Waals surface area contributed by atoms with E-state index < -0.39 is 0 Å². The molecule has 0 saturated carbocycles. The Hall–Kier alpha value is -2.34. The highest BCUT2D eigenvalue weighted by Crippen LogP contribution is 2.32. The molecule has 0 aliphatic heterocycles. The van der Waals surface area contributed by atoms with Crippen molar-refractivity contribution >= 4 is 11.6 Å². The molecule has 0 radical (unpaired) electrons. The third-order valence-electron chi connectivity index (χ3n) is 3.94. The average Bonchev–Trinajstić information content (AvgIpc) is 3.00. The molecule has 1 atom stereocenters. The van der Waals surface area contributed by atoms with Gasteiger partial charge in [0, 0.05) is 5.92 Å². The van der Waals surface area contributed by atoms with E-state index in [2.05, 4.69) is 78.9 Å². The van der Waals surface area contributed by atoms with Crippen LogP contribution >= 0.6 is 0 Å². The summed E-state index contributed by atoms with van der Waals surface area (Å²) in [6.07, 6.45) is 19.8. The molecule has 0 N–H and O–H groups in total. The van der Waals surface area contributed by atoms with Gasteiger partial charge in [-0.2, -0.15) is 0 Å². The molecule has 0 amide bonds. The van der Waals surface area contributed by atoms with Gasteiger partial charge in [-0.15, -0.1) is 0 Å². The molecule has 3 aliphatic rings. The van der Waals surface area contributed by atoms with Crippen molar-refractivity contribution < 1.29 is 0 Å². The predicted octanol–water partition coefficient (Wildman–Crippen LogP) is 2.80. The zero-order valence-corrected chi connectivity index (χ0v) is 10.6. The van der Waals surface area contributed by atoms with Gasteiger partial charge in [-0.1, -0.05) is 72.9 Å². The second-order valence-corrected chi connectivity index (χ2v) is 5.04. The standard InChI is InChI=1S/C19H14/c1-2-8-14(7-1)19-13-15-9-3-4-10-16(15)17-11-5-6-12-18(17)19/h1-13,18H. The fourth-order valence-corrected chi connectivity index (χ4v) is 3.04. The van der Waals surface area contributed by atoms with Crippen LogP contribution in [-0.2, 0) is 0 Å². The van der Waals surface area contributed by atoms with Crippen LogP contribution in [0.5, 0.6) is 0 Å². The molecule has 0 heteroatoms. The number of hydrogen-bond acceptors (Lipinski definition) is 0. The molecule has 0 spiro atoms. The Morgan fingerprint density at radius 3 is 2.42 bits per heavy atom. The average molecular weight is 242 g/mol. The summed E-state index contributed by atoms with van der Waals surface area (Å²) < 4.78 is 0. The van der Waals surface area contributed by atoms with E-state index in [1.807, 2.05) is 0 Å². The van der Waals surface area contributed by atoms with Crippen LogP contribution < -0.4 is 10.4 Å². The molecule has 0 aromatic heterocycles. The highest BCUT2D eigenvalue weighted by molar-refractivity contribution is 5.77. The molecule has 0 fully saturated rings. The smallest absolute Gasteiger partial charge is 0.0284 e. The first-order valence-electron chi connectivity index (χ1n) is 6.68. The van der Waals surface area contributed by atoms with Crippen molar-refractivity contribution in [3.63, 3.8) is 0 Å². The Balaban J connectivity index is 2.10. The van der Waals surface area contributed by atoms with Crippen molar-refractivity contribution in [2.75, 3.05) is 0 Å². The van der Waals surface area contributed by atoms with Crippen LogP contribution in [0.3, 0.4) is 0 Å². The summed E-state index contributed by atoms with van der Waals surface area (Å²) in [4.78, 5) is 0. The summed E-state index contributed by atoms with van der Waals surface area (Å²) in [5, 5.41) is 2.69. The Morgan fingerprint density at radius 2 is 1.53 bits per heavy atom. The van der Waals surface area contributed by atoms with Gasteiger partial charge in [0.2, 0.25) is 0 Å². The molecule has 0 nitrogen and oxygen atoms in total. The molecule has 0 saturated heterocycles. The van der Waals surface area contributed by atoms with E-state index in [0.29, 0.717) is 5.92 Å². The van der Waals surface area contributed by atoms with Crippen molar-refractivity contribution in [3.8, 4) is 0 Å². The normalized spacial score (nSPS) is 22.5. The second kappa shape index (κ2) is 4.10. The molecule has 1 unspecified atom stereocenters. The van der Waals surface area contributed by atoms with E-state index in [9.17, 15) is 0 Å². The van der Waals surface area contributed by atoms with Gasteiger partial charge >= 0.3 is 0 Å². The summed E-state index contributed by atoms with van der Waals surface area (Å²) in [7, 11) is 0. The van der Waals surface area contributed by atoms with Crippen molar-refractivity contribution in [1.82, 2.24) is 0 Å². The van der Waals surface area contributed by atoms with Gasteiger partial charge in [-0.3, -0.25) is 0 Å². The van der Waals surface area contributed by atoms with Crippen LogP contribution in [0.4, 0.5) is 0 Å². The third-order valence-corrected chi connectivity index (χ3v) is 3.94.